The lowest BCUT2D eigenvalue weighted by molar-refractivity contribution is -0.116. The summed E-state index contributed by atoms with van der Waals surface area (Å²) < 4.78 is 5.08. The lowest BCUT2D eigenvalue weighted by atomic mass is 10.1. The SMILES string of the molecule is Cc1ccc(NC(=O)CCc2c(C)noc2C)cc1Cl. The molecule has 1 N–H and O–H groups in total. The van der Waals surface area contributed by atoms with E-state index in [1.807, 2.05) is 32.9 Å². The Morgan fingerprint density at radius 2 is 2.10 bits per heavy atom. The van der Waals surface area contributed by atoms with E-state index in [4.69, 9.17) is 16.1 Å². The van der Waals surface area contributed by atoms with Gasteiger partial charge in [-0.2, -0.15) is 0 Å². The maximum atomic E-state index is 11.9. The van der Waals surface area contributed by atoms with Crippen molar-refractivity contribution in [1.29, 1.82) is 0 Å². The molecule has 0 aliphatic rings. The number of hydrogen-bond acceptors (Lipinski definition) is 3. The highest BCUT2D eigenvalue weighted by molar-refractivity contribution is 6.31. The molecule has 2 aromatic rings. The molecule has 0 fully saturated rings. The Kier molecular flexibility index (Phi) is 4.45. The van der Waals surface area contributed by atoms with E-state index in [1.165, 1.54) is 0 Å². The van der Waals surface area contributed by atoms with Crippen LogP contribution in [0.5, 0.6) is 0 Å². The van der Waals surface area contributed by atoms with E-state index in [2.05, 4.69) is 10.5 Å². The van der Waals surface area contributed by atoms with E-state index >= 15 is 0 Å². The first kappa shape index (κ1) is 14.6. The van der Waals surface area contributed by atoms with E-state index in [0.29, 0.717) is 23.6 Å². The molecular formula is C15H17ClN2O2. The number of anilines is 1. The minimum absolute atomic E-state index is 0.0510. The van der Waals surface area contributed by atoms with E-state index in [1.54, 1.807) is 6.07 Å². The fourth-order valence-corrected chi connectivity index (χ4v) is 2.17. The predicted molar refractivity (Wildman–Crippen MR) is 79.1 cm³/mol. The highest BCUT2D eigenvalue weighted by atomic mass is 35.5. The monoisotopic (exact) mass is 292 g/mol. The van der Waals surface area contributed by atoms with Crippen LogP contribution in [0, 0.1) is 20.8 Å². The fourth-order valence-electron chi connectivity index (χ4n) is 1.99. The van der Waals surface area contributed by atoms with Crippen molar-refractivity contribution < 1.29 is 9.32 Å². The summed E-state index contributed by atoms with van der Waals surface area (Å²) in [6.45, 7) is 5.65. The normalized spacial score (nSPS) is 10.6. The second kappa shape index (κ2) is 6.09. The second-order valence-electron chi connectivity index (χ2n) is 4.81. The van der Waals surface area contributed by atoms with Gasteiger partial charge in [0.25, 0.3) is 0 Å². The van der Waals surface area contributed by atoms with Gasteiger partial charge in [-0.05, 0) is 44.9 Å². The van der Waals surface area contributed by atoms with Crippen molar-refractivity contribution in [2.24, 2.45) is 0 Å². The van der Waals surface area contributed by atoms with E-state index in [0.717, 1.165) is 22.6 Å². The minimum Gasteiger partial charge on any atom is -0.361 e. The first-order valence-corrected chi connectivity index (χ1v) is 6.83. The van der Waals surface area contributed by atoms with Gasteiger partial charge >= 0.3 is 0 Å². The molecule has 106 valence electrons. The molecule has 2 rings (SSSR count). The molecule has 20 heavy (non-hydrogen) atoms. The Hall–Kier alpha value is -1.81. The molecule has 5 heteroatoms. The number of carbonyl (C=O) groups excluding carboxylic acids is 1. The number of rotatable bonds is 4. The van der Waals surface area contributed by atoms with Gasteiger partial charge in [0.05, 0.1) is 5.69 Å². The van der Waals surface area contributed by atoms with Crippen LogP contribution in [-0.2, 0) is 11.2 Å². The number of nitrogens with one attached hydrogen (secondary N) is 1. The molecule has 4 nitrogen and oxygen atoms in total. The van der Waals surface area contributed by atoms with Crippen molar-refractivity contribution in [3.05, 3.63) is 45.8 Å². The van der Waals surface area contributed by atoms with Crippen molar-refractivity contribution >= 4 is 23.2 Å². The van der Waals surface area contributed by atoms with Crippen LogP contribution in [0.25, 0.3) is 0 Å². The van der Waals surface area contributed by atoms with Crippen molar-refractivity contribution in [3.63, 3.8) is 0 Å². The Labute approximate surface area is 123 Å². The lowest BCUT2D eigenvalue weighted by Crippen LogP contribution is -2.12. The van der Waals surface area contributed by atoms with E-state index < -0.39 is 0 Å². The van der Waals surface area contributed by atoms with Crippen LogP contribution in [0.15, 0.2) is 22.7 Å². The number of aryl methyl sites for hydroxylation is 3. The maximum Gasteiger partial charge on any atom is 0.224 e. The Bertz CT molecular complexity index is 615. The number of halogens is 1. The number of aromatic nitrogens is 1. The molecule has 0 aliphatic carbocycles. The first-order valence-electron chi connectivity index (χ1n) is 6.45. The number of benzene rings is 1. The maximum absolute atomic E-state index is 11.9. The standard InChI is InChI=1S/C15H17ClN2O2/c1-9-4-5-12(8-14(9)16)17-15(19)7-6-13-10(2)18-20-11(13)3/h4-5,8H,6-7H2,1-3H3,(H,17,19). The zero-order valence-corrected chi connectivity index (χ0v) is 12.5. The largest absolute Gasteiger partial charge is 0.361 e. The fraction of sp³-hybridized carbons (Fsp3) is 0.333. The van der Waals surface area contributed by atoms with Crippen LogP contribution < -0.4 is 5.32 Å². The smallest absolute Gasteiger partial charge is 0.224 e. The topological polar surface area (TPSA) is 55.1 Å². The van der Waals surface area contributed by atoms with Crippen molar-refractivity contribution in [2.45, 2.75) is 33.6 Å². The summed E-state index contributed by atoms with van der Waals surface area (Å²) in [5, 5.41) is 7.36. The highest BCUT2D eigenvalue weighted by Crippen LogP contribution is 2.20. The van der Waals surface area contributed by atoms with Gasteiger partial charge in [-0.15, -0.1) is 0 Å². The molecule has 1 amide bonds. The number of nitrogens with zero attached hydrogens (tertiary/aromatic N) is 1. The molecule has 0 spiro atoms. The lowest BCUT2D eigenvalue weighted by Gasteiger charge is -2.06. The third-order valence-electron chi connectivity index (χ3n) is 3.24. The quantitative estimate of drug-likeness (QED) is 0.932. The van der Waals surface area contributed by atoms with Gasteiger partial charge in [0.2, 0.25) is 5.91 Å². The molecule has 1 aromatic heterocycles. The van der Waals surface area contributed by atoms with E-state index in [-0.39, 0.29) is 5.91 Å². The number of amides is 1. The van der Waals surface area contributed by atoms with Gasteiger partial charge < -0.3 is 9.84 Å². The van der Waals surface area contributed by atoms with Crippen molar-refractivity contribution in [1.82, 2.24) is 5.16 Å². The zero-order chi connectivity index (χ0) is 14.7. The van der Waals surface area contributed by atoms with Gasteiger partial charge in [0.15, 0.2) is 0 Å². The highest BCUT2D eigenvalue weighted by Gasteiger charge is 2.11. The molecule has 0 unspecified atom stereocenters. The Balaban J connectivity index is 1.94. The third-order valence-corrected chi connectivity index (χ3v) is 3.65. The molecule has 0 saturated carbocycles. The zero-order valence-electron chi connectivity index (χ0n) is 11.8. The molecule has 0 saturated heterocycles. The molecule has 1 aromatic carbocycles. The summed E-state index contributed by atoms with van der Waals surface area (Å²) in [6.07, 6.45) is 1.00. The first-order chi connectivity index (χ1) is 9.47. The van der Waals surface area contributed by atoms with Crippen molar-refractivity contribution in [2.75, 3.05) is 5.32 Å². The van der Waals surface area contributed by atoms with E-state index in [9.17, 15) is 4.79 Å². The van der Waals surface area contributed by atoms with Gasteiger partial charge in [0, 0.05) is 22.7 Å². The summed E-state index contributed by atoms with van der Waals surface area (Å²) >= 11 is 6.03. The van der Waals surface area contributed by atoms with Crippen LogP contribution in [0.2, 0.25) is 5.02 Å². The average Bonchev–Trinajstić information content (AvgIpc) is 2.71. The second-order valence-corrected chi connectivity index (χ2v) is 5.22. The molecule has 1 heterocycles. The summed E-state index contributed by atoms with van der Waals surface area (Å²) in [7, 11) is 0. The van der Waals surface area contributed by atoms with Crippen LogP contribution in [0.3, 0.4) is 0 Å². The molecule has 0 bridgehead atoms. The number of carbonyl (C=O) groups is 1. The van der Waals surface area contributed by atoms with Gasteiger partial charge in [-0.1, -0.05) is 22.8 Å². The van der Waals surface area contributed by atoms with Crippen LogP contribution >= 0.6 is 11.6 Å². The number of hydrogen-bond donors (Lipinski definition) is 1. The molecule has 0 atom stereocenters. The summed E-state index contributed by atoms with van der Waals surface area (Å²) in [6, 6.07) is 5.48. The van der Waals surface area contributed by atoms with Crippen LogP contribution in [-0.4, -0.2) is 11.1 Å². The molecule has 0 radical (unpaired) electrons. The minimum atomic E-state index is -0.0510. The third kappa shape index (κ3) is 3.39. The summed E-state index contributed by atoms with van der Waals surface area (Å²) in [5.74, 6) is 0.721. The summed E-state index contributed by atoms with van der Waals surface area (Å²) in [4.78, 5) is 11.9. The van der Waals surface area contributed by atoms with Gasteiger partial charge in [-0.25, -0.2) is 0 Å². The molecule has 0 aliphatic heterocycles. The van der Waals surface area contributed by atoms with Crippen LogP contribution in [0.4, 0.5) is 5.69 Å². The Morgan fingerprint density at radius 3 is 2.70 bits per heavy atom. The predicted octanol–water partition coefficient (Wildman–Crippen LogP) is 3.82. The van der Waals surface area contributed by atoms with Gasteiger partial charge in [0.1, 0.15) is 5.76 Å². The molecular weight excluding hydrogens is 276 g/mol. The van der Waals surface area contributed by atoms with Gasteiger partial charge in [-0.3, -0.25) is 4.79 Å². The van der Waals surface area contributed by atoms with Crippen molar-refractivity contribution in [3.8, 4) is 0 Å². The van der Waals surface area contributed by atoms with Crippen LogP contribution in [0.1, 0.15) is 29.0 Å². The Morgan fingerprint density at radius 1 is 1.35 bits per heavy atom. The summed E-state index contributed by atoms with van der Waals surface area (Å²) in [5.41, 5.74) is 3.54. The average molecular weight is 293 g/mol.